The van der Waals surface area contributed by atoms with E-state index in [0.29, 0.717) is 31.2 Å². The zero-order valence-electron chi connectivity index (χ0n) is 15.8. The Bertz CT molecular complexity index is 1120. The van der Waals surface area contributed by atoms with Crippen molar-refractivity contribution in [2.75, 3.05) is 19.8 Å². The molecule has 2 N–H and O–H groups in total. The van der Waals surface area contributed by atoms with E-state index in [9.17, 15) is 13.2 Å². The summed E-state index contributed by atoms with van der Waals surface area (Å²) in [5, 5.41) is 5.55. The first-order chi connectivity index (χ1) is 14.5. The van der Waals surface area contributed by atoms with Crippen LogP contribution >= 0.6 is 0 Å². The summed E-state index contributed by atoms with van der Waals surface area (Å²) in [6.45, 7) is 3.70. The summed E-state index contributed by atoms with van der Waals surface area (Å²) in [4.78, 5) is 19.1. The van der Waals surface area contributed by atoms with Crippen LogP contribution in [0.25, 0.3) is 28.7 Å². The van der Waals surface area contributed by atoms with E-state index in [4.69, 9.17) is 9.47 Å². The largest absolute Gasteiger partial charge is 0.453 e. The summed E-state index contributed by atoms with van der Waals surface area (Å²) in [6.07, 6.45) is 1.64. The van der Waals surface area contributed by atoms with Crippen molar-refractivity contribution in [3.63, 3.8) is 0 Å². The molecule has 0 saturated carbocycles. The van der Waals surface area contributed by atoms with Crippen LogP contribution in [0.15, 0.2) is 24.9 Å². The second-order valence-electron chi connectivity index (χ2n) is 6.16. The first-order valence-electron chi connectivity index (χ1n) is 8.98. The maximum absolute atomic E-state index is 12.9. The molecule has 0 saturated heterocycles. The van der Waals surface area contributed by atoms with Crippen molar-refractivity contribution in [1.82, 2.24) is 39.5 Å². The fourth-order valence-corrected chi connectivity index (χ4v) is 2.80. The van der Waals surface area contributed by atoms with Gasteiger partial charge in [0.15, 0.2) is 5.82 Å². The van der Waals surface area contributed by atoms with Gasteiger partial charge in [0, 0.05) is 24.6 Å². The zero-order chi connectivity index (χ0) is 21.1. The van der Waals surface area contributed by atoms with Crippen LogP contribution in [-0.2, 0) is 22.3 Å². The quantitative estimate of drug-likeness (QED) is 0.419. The minimum absolute atomic E-state index is 0.132. The number of halogens is 3. The molecule has 0 unspecified atom stereocenters. The van der Waals surface area contributed by atoms with E-state index < -0.39 is 12.0 Å². The summed E-state index contributed by atoms with van der Waals surface area (Å²) < 4.78 is 51.2. The van der Waals surface area contributed by atoms with Crippen LogP contribution in [-0.4, -0.2) is 59.3 Å². The maximum Gasteiger partial charge on any atom is 0.453 e. The van der Waals surface area contributed by atoms with E-state index in [1.165, 1.54) is 12.5 Å². The molecule has 0 spiro atoms. The van der Waals surface area contributed by atoms with Gasteiger partial charge in [-0.1, -0.05) is 0 Å². The molecule has 0 aliphatic carbocycles. The van der Waals surface area contributed by atoms with Gasteiger partial charge >= 0.3 is 6.18 Å². The molecule has 0 bridgehead atoms. The van der Waals surface area contributed by atoms with Gasteiger partial charge in [-0.05, 0) is 6.92 Å². The van der Waals surface area contributed by atoms with Crippen LogP contribution < -0.4 is 0 Å². The molecular formula is C17H17F3N8O2. The second kappa shape index (κ2) is 8.20. The van der Waals surface area contributed by atoms with Gasteiger partial charge in [0.2, 0.25) is 5.78 Å². The molecule has 13 heteroatoms. The van der Waals surface area contributed by atoms with E-state index in [1.54, 1.807) is 16.8 Å². The highest BCUT2D eigenvalue weighted by molar-refractivity contribution is 5.76. The number of imidazole rings is 2. The van der Waals surface area contributed by atoms with Crippen LogP contribution in [0.4, 0.5) is 13.2 Å². The molecule has 0 aromatic carbocycles. The van der Waals surface area contributed by atoms with Crippen molar-refractivity contribution < 1.29 is 22.6 Å². The molecule has 4 aromatic rings. The molecule has 4 heterocycles. The van der Waals surface area contributed by atoms with Crippen molar-refractivity contribution in [3.8, 4) is 22.9 Å². The first kappa shape index (κ1) is 20.0. The molecule has 0 fully saturated rings. The van der Waals surface area contributed by atoms with E-state index >= 15 is 0 Å². The van der Waals surface area contributed by atoms with Gasteiger partial charge in [-0.3, -0.25) is 9.50 Å². The lowest BCUT2D eigenvalue weighted by Crippen LogP contribution is -2.07. The number of hydrogen-bond donors (Lipinski definition) is 2. The van der Waals surface area contributed by atoms with E-state index in [2.05, 4.69) is 35.1 Å². The number of nitrogens with one attached hydrogen (secondary N) is 2. The van der Waals surface area contributed by atoms with Crippen LogP contribution in [0.1, 0.15) is 18.3 Å². The van der Waals surface area contributed by atoms with E-state index in [-0.39, 0.29) is 23.9 Å². The number of nitrogens with zero attached hydrogens (tertiary/aromatic N) is 6. The normalized spacial score (nSPS) is 12.1. The Balaban J connectivity index is 1.72. The van der Waals surface area contributed by atoms with Crippen molar-refractivity contribution in [2.24, 2.45) is 0 Å². The third-order valence-electron chi connectivity index (χ3n) is 4.09. The summed E-state index contributed by atoms with van der Waals surface area (Å²) >= 11 is 0. The highest BCUT2D eigenvalue weighted by Gasteiger charge is 2.36. The fraction of sp³-hybridized carbons (Fsp3) is 0.353. The molecule has 0 aliphatic rings. The number of aromatic amines is 2. The fourth-order valence-electron chi connectivity index (χ4n) is 2.80. The second-order valence-corrected chi connectivity index (χ2v) is 6.16. The highest BCUT2D eigenvalue weighted by atomic mass is 19.4. The third-order valence-corrected chi connectivity index (χ3v) is 4.09. The predicted molar refractivity (Wildman–Crippen MR) is 97.1 cm³/mol. The molecule has 158 valence electrons. The van der Waals surface area contributed by atoms with Crippen molar-refractivity contribution in [3.05, 3.63) is 36.3 Å². The summed E-state index contributed by atoms with van der Waals surface area (Å²) in [5.41, 5.74) is 1.87. The highest BCUT2D eigenvalue weighted by Crippen LogP contribution is 2.32. The Labute approximate surface area is 167 Å². The Morgan fingerprint density at radius 2 is 1.97 bits per heavy atom. The van der Waals surface area contributed by atoms with Gasteiger partial charge in [0.25, 0.3) is 5.82 Å². The topological polar surface area (TPSA) is 119 Å². The number of alkyl halides is 3. The first-order valence-corrected chi connectivity index (χ1v) is 8.98. The number of H-pyrrole nitrogens is 2. The molecule has 10 nitrogen and oxygen atoms in total. The number of rotatable bonds is 8. The van der Waals surface area contributed by atoms with Crippen molar-refractivity contribution in [2.45, 2.75) is 19.7 Å². The SMILES string of the molecule is CCOCCOCc1cnc2nc(-c3nc(C(F)(F)F)n[nH]3)c(-c3cnc[nH]3)n2c1. The van der Waals surface area contributed by atoms with Gasteiger partial charge in [0.05, 0.1) is 38.0 Å². The minimum atomic E-state index is -4.67. The van der Waals surface area contributed by atoms with Crippen molar-refractivity contribution >= 4 is 5.78 Å². The average molecular weight is 422 g/mol. The van der Waals surface area contributed by atoms with Crippen molar-refractivity contribution in [1.29, 1.82) is 0 Å². The van der Waals surface area contributed by atoms with Gasteiger partial charge in [-0.25, -0.2) is 19.9 Å². The minimum Gasteiger partial charge on any atom is -0.379 e. The lowest BCUT2D eigenvalue weighted by atomic mass is 10.2. The van der Waals surface area contributed by atoms with E-state index in [0.717, 1.165) is 5.56 Å². The zero-order valence-corrected chi connectivity index (χ0v) is 15.8. The number of aromatic nitrogens is 8. The molecule has 0 radical (unpaired) electrons. The lowest BCUT2D eigenvalue weighted by molar-refractivity contribution is -0.144. The molecule has 4 aromatic heterocycles. The monoisotopic (exact) mass is 422 g/mol. The van der Waals surface area contributed by atoms with E-state index in [1.807, 2.05) is 6.92 Å². The molecular weight excluding hydrogens is 405 g/mol. The molecule has 0 atom stereocenters. The standard InChI is InChI=1S/C17H17F3N8O2/c1-2-29-3-4-30-8-10-5-22-16-24-12(14-25-15(27-26-14)17(18,19)20)13(28(16)7-10)11-6-21-9-23-11/h5-7,9H,2-4,8H2,1H3,(H,21,23)(H,25,26,27). The van der Waals surface area contributed by atoms with Gasteiger partial charge < -0.3 is 14.5 Å². The Morgan fingerprint density at radius 1 is 1.13 bits per heavy atom. The van der Waals surface area contributed by atoms with Crippen LogP contribution in [0, 0.1) is 0 Å². The van der Waals surface area contributed by atoms with Gasteiger partial charge in [-0.2, -0.15) is 13.2 Å². The number of hydrogen-bond acceptors (Lipinski definition) is 7. The number of fused-ring (bicyclic) bond motifs is 1. The smallest absolute Gasteiger partial charge is 0.379 e. The summed E-state index contributed by atoms with van der Waals surface area (Å²) in [6, 6.07) is 0. The van der Waals surface area contributed by atoms with Gasteiger partial charge in [-0.15, -0.1) is 5.10 Å². The maximum atomic E-state index is 12.9. The third kappa shape index (κ3) is 4.02. The van der Waals surface area contributed by atoms with Crippen LogP contribution in [0.3, 0.4) is 0 Å². The summed E-state index contributed by atoms with van der Waals surface area (Å²) in [5.74, 6) is -1.13. The van der Waals surface area contributed by atoms with Crippen LogP contribution in [0.2, 0.25) is 0 Å². The van der Waals surface area contributed by atoms with Crippen LogP contribution in [0.5, 0.6) is 0 Å². The lowest BCUT2D eigenvalue weighted by Gasteiger charge is -2.06. The Hall–Kier alpha value is -3.32. The van der Waals surface area contributed by atoms with Gasteiger partial charge in [0.1, 0.15) is 11.4 Å². The molecule has 4 rings (SSSR count). The summed E-state index contributed by atoms with van der Waals surface area (Å²) in [7, 11) is 0. The predicted octanol–water partition coefficient (Wildman–Crippen LogP) is 2.48. The average Bonchev–Trinajstić information content (AvgIpc) is 3.45. The Kier molecular flexibility index (Phi) is 5.46. The molecule has 30 heavy (non-hydrogen) atoms. The number of ether oxygens (including phenoxy) is 2. The molecule has 0 amide bonds. The Morgan fingerprint density at radius 3 is 2.67 bits per heavy atom. The molecule has 0 aliphatic heterocycles.